The number of nitrogens with one attached hydrogen (secondary N) is 1. The first kappa shape index (κ1) is 18.5. The number of fused-ring (bicyclic) bond motifs is 1. The van der Waals surface area contributed by atoms with Crippen molar-refractivity contribution in [3.05, 3.63) is 46.6 Å². The maximum atomic E-state index is 12.2. The van der Waals surface area contributed by atoms with Gasteiger partial charge in [-0.15, -0.1) is 0 Å². The normalized spacial score (nSPS) is 13.6. The van der Waals surface area contributed by atoms with E-state index in [1.807, 2.05) is 41.9 Å². The van der Waals surface area contributed by atoms with Crippen LogP contribution >= 0.6 is 11.6 Å². The minimum Gasteiger partial charge on any atom is -0.356 e. The van der Waals surface area contributed by atoms with Crippen molar-refractivity contribution in [1.29, 1.82) is 0 Å². The molecule has 1 aromatic carbocycles. The third kappa shape index (κ3) is 4.64. The Bertz CT molecular complexity index is 785. The summed E-state index contributed by atoms with van der Waals surface area (Å²) in [6.07, 6.45) is 2.26. The Morgan fingerprint density at radius 1 is 1.31 bits per heavy atom. The summed E-state index contributed by atoms with van der Waals surface area (Å²) in [5, 5.41) is 8.02. The van der Waals surface area contributed by atoms with Crippen molar-refractivity contribution in [3.8, 4) is 0 Å². The highest BCUT2D eigenvalue weighted by molar-refractivity contribution is 6.30. The fourth-order valence-corrected chi connectivity index (χ4v) is 3.23. The van der Waals surface area contributed by atoms with E-state index in [0.29, 0.717) is 43.9 Å². The third-order valence-corrected chi connectivity index (χ3v) is 4.68. The molecule has 0 atom stereocenters. The third-order valence-electron chi connectivity index (χ3n) is 4.43. The van der Waals surface area contributed by atoms with Gasteiger partial charge in [0.25, 0.3) is 0 Å². The lowest BCUT2D eigenvalue weighted by Gasteiger charge is -2.27. The van der Waals surface area contributed by atoms with Crippen LogP contribution in [-0.4, -0.2) is 34.7 Å². The van der Waals surface area contributed by atoms with Gasteiger partial charge in [-0.25, -0.2) is 4.68 Å². The van der Waals surface area contributed by atoms with Crippen LogP contribution in [0.1, 0.15) is 30.5 Å². The van der Waals surface area contributed by atoms with Crippen LogP contribution in [0.4, 0.5) is 5.82 Å². The quantitative estimate of drug-likeness (QED) is 0.810. The van der Waals surface area contributed by atoms with E-state index < -0.39 is 0 Å². The van der Waals surface area contributed by atoms with Gasteiger partial charge in [-0.1, -0.05) is 23.7 Å². The molecule has 0 aliphatic carbocycles. The van der Waals surface area contributed by atoms with Crippen molar-refractivity contribution in [3.63, 3.8) is 0 Å². The van der Waals surface area contributed by atoms with E-state index in [9.17, 15) is 9.59 Å². The molecular formula is C19H23ClN4O2. The van der Waals surface area contributed by atoms with Crippen molar-refractivity contribution >= 4 is 29.2 Å². The fourth-order valence-electron chi connectivity index (χ4n) is 3.10. The van der Waals surface area contributed by atoms with Crippen LogP contribution in [0.3, 0.4) is 0 Å². The molecule has 26 heavy (non-hydrogen) atoms. The van der Waals surface area contributed by atoms with E-state index in [-0.39, 0.29) is 11.8 Å². The van der Waals surface area contributed by atoms with Crippen molar-refractivity contribution in [1.82, 2.24) is 15.1 Å². The second-order valence-electron chi connectivity index (χ2n) is 6.49. The van der Waals surface area contributed by atoms with Crippen molar-refractivity contribution in [2.75, 3.05) is 18.0 Å². The van der Waals surface area contributed by atoms with Crippen LogP contribution in [0.25, 0.3) is 0 Å². The van der Waals surface area contributed by atoms with Gasteiger partial charge in [-0.2, -0.15) is 5.10 Å². The number of hydrogen-bond donors (Lipinski definition) is 1. The van der Waals surface area contributed by atoms with E-state index in [1.165, 1.54) is 0 Å². The van der Waals surface area contributed by atoms with Crippen LogP contribution in [-0.2, 0) is 22.6 Å². The molecule has 6 nitrogen and oxygen atoms in total. The molecule has 0 fully saturated rings. The first-order valence-electron chi connectivity index (χ1n) is 8.89. The van der Waals surface area contributed by atoms with Crippen molar-refractivity contribution < 1.29 is 9.59 Å². The zero-order valence-electron chi connectivity index (χ0n) is 14.9. The SMILES string of the molecule is Cc1cc2n(n1)CCC(=O)N2CCCC(=O)NCCc1ccc(Cl)cc1. The maximum Gasteiger partial charge on any atom is 0.229 e. The smallest absolute Gasteiger partial charge is 0.229 e. The van der Waals surface area contributed by atoms with Gasteiger partial charge in [0, 0.05) is 37.0 Å². The summed E-state index contributed by atoms with van der Waals surface area (Å²) in [6, 6.07) is 9.54. The lowest BCUT2D eigenvalue weighted by molar-refractivity contribution is -0.122. The number of anilines is 1. The number of hydrogen-bond acceptors (Lipinski definition) is 3. The molecule has 1 aliphatic heterocycles. The number of nitrogens with zero attached hydrogens (tertiary/aromatic N) is 3. The first-order chi connectivity index (χ1) is 12.5. The van der Waals surface area contributed by atoms with Gasteiger partial charge in [0.1, 0.15) is 5.82 Å². The molecule has 1 N–H and O–H groups in total. The lowest BCUT2D eigenvalue weighted by Crippen LogP contribution is -2.38. The summed E-state index contributed by atoms with van der Waals surface area (Å²) in [7, 11) is 0. The predicted octanol–water partition coefficient (Wildman–Crippen LogP) is 2.72. The summed E-state index contributed by atoms with van der Waals surface area (Å²) in [6.45, 7) is 3.68. The van der Waals surface area contributed by atoms with Crippen LogP contribution in [0.2, 0.25) is 5.02 Å². The number of amides is 2. The van der Waals surface area contributed by atoms with Gasteiger partial charge in [0.15, 0.2) is 0 Å². The first-order valence-corrected chi connectivity index (χ1v) is 9.27. The van der Waals surface area contributed by atoms with Crippen LogP contribution in [0, 0.1) is 6.92 Å². The summed E-state index contributed by atoms with van der Waals surface area (Å²) < 4.78 is 1.86. The summed E-state index contributed by atoms with van der Waals surface area (Å²) >= 11 is 5.86. The summed E-state index contributed by atoms with van der Waals surface area (Å²) in [5.41, 5.74) is 2.04. The molecule has 2 heterocycles. The lowest BCUT2D eigenvalue weighted by atomic mass is 10.1. The van der Waals surface area contributed by atoms with Crippen molar-refractivity contribution in [2.45, 2.75) is 39.2 Å². The average Bonchev–Trinajstić information content (AvgIpc) is 2.99. The highest BCUT2D eigenvalue weighted by Gasteiger charge is 2.25. The van der Waals surface area contributed by atoms with Crippen molar-refractivity contribution in [2.24, 2.45) is 0 Å². The second kappa shape index (κ2) is 8.36. The highest BCUT2D eigenvalue weighted by atomic mass is 35.5. The van der Waals surface area contributed by atoms with Crippen LogP contribution in [0.15, 0.2) is 30.3 Å². The molecule has 0 radical (unpaired) electrons. The number of halogens is 1. The molecule has 3 rings (SSSR count). The topological polar surface area (TPSA) is 67.2 Å². The van der Waals surface area contributed by atoms with Gasteiger partial charge in [0.2, 0.25) is 11.8 Å². The molecule has 0 bridgehead atoms. The molecule has 138 valence electrons. The number of carbonyl (C=O) groups is 2. The van der Waals surface area contributed by atoms with Gasteiger partial charge in [-0.05, 0) is 37.5 Å². The summed E-state index contributed by atoms with van der Waals surface area (Å²) in [5.74, 6) is 0.940. The van der Waals surface area contributed by atoms with Gasteiger partial charge >= 0.3 is 0 Å². The molecule has 0 unspecified atom stereocenters. The van der Waals surface area contributed by atoms with Gasteiger partial charge in [-0.3, -0.25) is 14.5 Å². The Hall–Kier alpha value is -2.34. The Morgan fingerprint density at radius 2 is 2.08 bits per heavy atom. The molecule has 0 spiro atoms. The molecule has 7 heteroatoms. The minimum atomic E-state index is 0.00751. The minimum absolute atomic E-state index is 0.00751. The Morgan fingerprint density at radius 3 is 2.85 bits per heavy atom. The van der Waals surface area contributed by atoms with Crippen LogP contribution in [0.5, 0.6) is 0 Å². The number of aryl methyl sites for hydroxylation is 2. The Balaban J connectivity index is 1.41. The van der Waals surface area contributed by atoms with Crippen LogP contribution < -0.4 is 10.2 Å². The fraction of sp³-hybridized carbons (Fsp3) is 0.421. The zero-order valence-corrected chi connectivity index (χ0v) is 15.6. The Labute approximate surface area is 158 Å². The monoisotopic (exact) mass is 374 g/mol. The molecule has 2 amide bonds. The standard InChI is InChI=1S/C19H23ClN4O2/c1-14-13-18-23(19(26)9-12-24(18)22-14)11-2-3-17(25)21-10-8-15-4-6-16(20)7-5-15/h4-7,13H,2-3,8-12H2,1H3,(H,21,25). The van der Waals surface area contributed by atoms with Gasteiger partial charge < -0.3 is 5.32 Å². The van der Waals surface area contributed by atoms with E-state index in [4.69, 9.17) is 11.6 Å². The highest BCUT2D eigenvalue weighted by Crippen LogP contribution is 2.22. The molecular weight excluding hydrogens is 352 g/mol. The largest absolute Gasteiger partial charge is 0.356 e. The van der Waals surface area contributed by atoms with E-state index in [0.717, 1.165) is 23.5 Å². The second-order valence-corrected chi connectivity index (χ2v) is 6.93. The number of aromatic nitrogens is 2. The zero-order chi connectivity index (χ0) is 18.5. The molecule has 0 saturated carbocycles. The van der Waals surface area contributed by atoms with E-state index in [1.54, 1.807) is 4.90 Å². The number of carbonyl (C=O) groups excluding carboxylic acids is 2. The molecule has 1 aliphatic rings. The molecule has 0 saturated heterocycles. The molecule has 2 aromatic rings. The average molecular weight is 375 g/mol. The summed E-state index contributed by atoms with van der Waals surface area (Å²) in [4.78, 5) is 25.9. The van der Waals surface area contributed by atoms with Gasteiger partial charge in [0.05, 0.1) is 12.2 Å². The number of rotatable bonds is 7. The van der Waals surface area contributed by atoms with E-state index >= 15 is 0 Å². The molecule has 1 aromatic heterocycles. The number of benzene rings is 1. The maximum absolute atomic E-state index is 12.2. The predicted molar refractivity (Wildman–Crippen MR) is 101 cm³/mol. The van der Waals surface area contributed by atoms with E-state index in [2.05, 4.69) is 10.4 Å². The Kier molecular flexibility index (Phi) is 5.93.